The number of carbonyl (C=O) groups is 1. The molecule has 0 saturated carbocycles. The highest BCUT2D eigenvalue weighted by Crippen LogP contribution is 2.10. The smallest absolute Gasteiger partial charge is 0.303 e. The van der Waals surface area contributed by atoms with Gasteiger partial charge in [-0.05, 0) is 32.1 Å². The molecule has 2 heteroatoms. The number of rotatable bonds is 16. The molecule has 0 aliphatic rings. The van der Waals surface area contributed by atoms with Crippen molar-refractivity contribution in [2.45, 2.75) is 96.8 Å². The average molecular weight is 309 g/mol. The summed E-state index contributed by atoms with van der Waals surface area (Å²) in [7, 11) is 0. The van der Waals surface area contributed by atoms with E-state index in [-0.39, 0.29) is 0 Å². The summed E-state index contributed by atoms with van der Waals surface area (Å²) in [5.74, 6) is -0.663. The second-order valence-electron chi connectivity index (χ2n) is 6.11. The summed E-state index contributed by atoms with van der Waals surface area (Å²) in [4.78, 5) is 10.3. The second-order valence-corrected chi connectivity index (χ2v) is 6.11. The molecule has 0 atom stereocenters. The molecular formula is C20H36O2. The van der Waals surface area contributed by atoms with Crippen LogP contribution in [0.2, 0.25) is 0 Å². The highest BCUT2D eigenvalue weighted by atomic mass is 16.4. The van der Waals surface area contributed by atoms with Gasteiger partial charge < -0.3 is 5.11 Å². The predicted octanol–water partition coefficient (Wildman–Crippen LogP) is 6.66. The number of carboxylic acid groups (broad SMARTS) is 1. The Balaban J connectivity index is 3.15. The Labute approximate surface area is 137 Å². The molecule has 0 radical (unpaired) electrons. The van der Waals surface area contributed by atoms with Crippen molar-refractivity contribution in [2.75, 3.05) is 0 Å². The van der Waals surface area contributed by atoms with E-state index in [4.69, 9.17) is 5.11 Å². The molecule has 1 N–H and O–H groups in total. The van der Waals surface area contributed by atoms with Crippen LogP contribution in [0.1, 0.15) is 96.8 Å². The van der Waals surface area contributed by atoms with Crippen LogP contribution in [0.25, 0.3) is 0 Å². The van der Waals surface area contributed by atoms with Crippen LogP contribution < -0.4 is 0 Å². The number of hydrogen-bond donors (Lipinski definition) is 1. The van der Waals surface area contributed by atoms with Crippen LogP contribution >= 0.6 is 0 Å². The Morgan fingerprint density at radius 2 is 1.18 bits per heavy atom. The quantitative estimate of drug-likeness (QED) is 0.255. The predicted molar refractivity (Wildman–Crippen MR) is 96.2 cm³/mol. The van der Waals surface area contributed by atoms with E-state index >= 15 is 0 Å². The van der Waals surface area contributed by atoms with Gasteiger partial charge in [-0.3, -0.25) is 4.79 Å². The highest BCUT2D eigenvalue weighted by molar-refractivity contribution is 5.66. The van der Waals surface area contributed by atoms with Crippen molar-refractivity contribution in [3.63, 3.8) is 0 Å². The van der Waals surface area contributed by atoms with E-state index < -0.39 is 5.97 Å². The standard InChI is InChI=1S/C20H36O2/c1-2-3-4-5-6-7-8-9-10-11-12-13-14-15-16-17-18-19-20(21)22/h6-9H,2-5,10-19H2,1H3,(H,21,22)/b7-6-,9-8+. The summed E-state index contributed by atoms with van der Waals surface area (Å²) < 4.78 is 0. The second kappa shape index (κ2) is 18.0. The first-order valence-corrected chi connectivity index (χ1v) is 9.30. The lowest BCUT2D eigenvalue weighted by Crippen LogP contribution is -1.93. The fourth-order valence-electron chi connectivity index (χ4n) is 2.46. The minimum absolute atomic E-state index is 0.333. The number of hydrogen-bond acceptors (Lipinski definition) is 1. The Hall–Kier alpha value is -1.05. The van der Waals surface area contributed by atoms with Crippen molar-refractivity contribution < 1.29 is 9.90 Å². The minimum atomic E-state index is -0.663. The topological polar surface area (TPSA) is 37.3 Å². The van der Waals surface area contributed by atoms with Gasteiger partial charge in [0.2, 0.25) is 0 Å². The van der Waals surface area contributed by atoms with Crippen molar-refractivity contribution >= 4 is 5.97 Å². The first-order valence-electron chi connectivity index (χ1n) is 9.30. The molecule has 0 fully saturated rings. The Morgan fingerprint density at radius 3 is 1.68 bits per heavy atom. The normalized spacial score (nSPS) is 11.7. The lowest BCUT2D eigenvalue weighted by molar-refractivity contribution is -0.137. The molecule has 128 valence electrons. The van der Waals surface area contributed by atoms with Crippen LogP contribution in [0.4, 0.5) is 0 Å². The van der Waals surface area contributed by atoms with Crippen LogP contribution in [-0.2, 0) is 4.79 Å². The first-order chi connectivity index (χ1) is 10.8. The molecule has 0 heterocycles. The van der Waals surface area contributed by atoms with Crippen molar-refractivity contribution in [1.82, 2.24) is 0 Å². The summed E-state index contributed by atoms with van der Waals surface area (Å²) >= 11 is 0. The van der Waals surface area contributed by atoms with Gasteiger partial charge in [0.25, 0.3) is 0 Å². The summed E-state index contributed by atoms with van der Waals surface area (Å²) in [5, 5.41) is 8.53. The third-order valence-electron chi connectivity index (χ3n) is 3.87. The zero-order valence-electron chi connectivity index (χ0n) is 14.6. The molecule has 0 spiro atoms. The summed E-state index contributed by atoms with van der Waals surface area (Å²) in [6.07, 6.45) is 25.2. The van der Waals surface area contributed by atoms with Crippen molar-refractivity contribution in [3.8, 4) is 0 Å². The SMILES string of the molecule is CCCCC/C=C\C=C\CCCCCCCCCCC(=O)O. The van der Waals surface area contributed by atoms with E-state index in [1.54, 1.807) is 0 Å². The molecule has 0 saturated heterocycles. The first kappa shape index (κ1) is 20.9. The van der Waals surface area contributed by atoms with Crippen molar-refractivity contribution in [1.29, 1.82) is 0 Å². The monoisotopic (exact) mass is 308 g/mol. The molecule has 22 heavy (non-hydrogen) atoms. The molecule has 0 aromatic carbocycles. The molecule has 0 unspecified atom stereocenters. The molecule has 0 aromatic heterocycles. The van der Waals surface area contributed by atoms with Crippen molar-refractivity contribution in [2.24, 2.45) is 0 Å². The van der Waals surface area contributed by atoms with Crippen LogP contribution in [0.15, 0.2) is 24.3 Å². The lowest BCUT2D eigenvalue weighted by Gasteiger charge is -2.00. The minimum Gasteiger partial charge on any atom is -0.481 e. The van der Waals surface area contributed by atoms with Crippen LogP contribution in [0, 0.1) is 0 Å². The van der Waals surface area contributed by atoms with Gasteiger partial charge >= 0.3 is 5.97 Å². The summed E-state index contributed by atoms with van der Waals surface area (Å²) in [5.41, 5.74) is 0. The van der Waals surface area contributed by atoms with Gasteiger partial charge in [0, 0.05) is 6.42 Å². The average Bonchev–Trinajstić information content (AvgIpc) is 2.50. The Morgan fingerprint density at radius 1 is 0.727 bits per heavy atom. The van der Waals surface area contributed by atoms with Gasteiger partial charge in [-0.25, -0.2) is 0 Å². The number of allylic oxidation sites excluding steroid dienone is 4. The van der Waals surface area contributed by atoms with Gasteiger partial charge in [-0.1, -0.05) is 82.6 Å². The van der Waals surface area contributed by atoms with E-state index in [0.29, 0.717) is 6.42 Å². The largest absolute Gasteiger partial charge is 0.481 e. The molecule has 0 aliphatic heterocycles. The Bertz CT molecular complexity index is 292. The van der Waals surface area contributed by atoms with Crippen molar-refractivity contribution in [3.05, 3.63) is 24.3 Å². The zero-order valence-corrected chi connectivity index (χ0v) is 14.6. The maximum Gasteiger partial charge on any atom is 0.303 e. The lowest BCUT2D eigenvalue weighted by atomic mass is 10.1. The van der Waals surface area contributed by atoms with Gasteiger partial charge in [0.1, 0.15) is 0 Å². The number of unbranched alkanes of at least 4 members (excludes halogenated alkanes) is 11. The zero-order chi connectivity index (χ0) is 16.3. The third-order valence-corrected chi connectivity index (χ3v) is 3.87. The van der Waals surface area contributed by atoms with Gasteiger partial charge in [-0.15, -0.1) is 0 Å². The molecule has 0 bridgehead atoms. The number of aliphatic carboxylic acids is 1. The highest BCUT2D eigenvalue weighted by Gasteiger charge is 1.96. The molecule has 0 rings (SSSR count). The van der Waals surface area contributed by atoms with E-state index in [1.165, 1.54) is 70.6 Å². The van der Waals surface area contributed by atoms with E-state index in [2.05, 4.69) is 31.2 Å². The molecular weight excluding hydrogens is 272 g/mol. The van der Waals surface area contributed by atoms with Crippen LogP contribution in [0.5, 0.6) is 0 Å². The van der Waals surface area contributed by atoms with Gasteiger partial charge in [-0.2, -0.15) is 0 Å². The maximum atomic E-state index is 10.3. The van der Waals surface area contributed by atoms with Crippen LogP contribution in [-0.4, -0.2) is 11.1 Å². The molecule has 0 aliphatic carbocycles. The summed E-state index contributed by atoms with van der Waals surface area (Å²) in [6, 6.07) is 0. The number of carboxylic acids is 1. The van der Waals surface area contributed by atoms with E-state index in [9.17, 15) is 4.79 Å². The molecule has 0 amide bonds. The van der Waals surface area contributed by atoms with Crippen LogP contribution in [0.3, 0.4) is 0 Å². The molecule has 0 aromatic rings. The van der Waals surface area contributed by atoms with Gasteiger partial charge in [0.15, 0.2) is 0 Å². The van der Waals surface area contributed by atoms with Gasteiger partial charge in [0.05, 0.1) is 0 Å². The summed E-state index contributed by atoms with van der Waals surface area (Å²) in [6.45, 7) is 2.24. The molecule has 2 nitrogen and oxygen atoms in total. The Kier molecular flexibility index (Phi) is 17.1. The fourth-order valence-corrected chi connectivity index (χ4v) is 2.46. The third kappa shape index (κ3) is 18.9. The maximum absolute atomic E-state index is 10.3. The fraction of sp³-hybridized carbons (Fsp3) is 0.750. The van der Waals surface area contributed by atoms with E-state index in [0.717, 1.165) is 12.8 Å². The van der Waals surface area contributed by atoms with E-state index in [1.807, 2.05) is 0 Å².